The van der Waals surface area contributed by atoms with E-state index in [4.69, 9.17) is 14.2 Å². The van der Waals surface area contributed by atoms with Crippen molar-refractivity contribution in [2.24, 2.45) is 0 Å². The molecule has 30 heavy (non-hydrogen) atoms. The summed E-state index contributed by atoms with van der Waals surface area (Å²) in [6, 6.07) is 0. The summed E-state index contributed by atoms with van der Waals surface area (Å²) >= 11 is 0. The summed E-state index contributed by atoms with van der Waals surface area (Å²) in [7, 11) is 6.81. The van der Waals surface area contributed by atoms with Crippen molar-refractivity contribution in [3.05, 3.63) is 22.1 Å². The highest BCUT2D eigenvalue weighted by molar-refractivity contribution is 8.76. The number of nitrogens with zero attached hydrogens (tertiary/aromatic N) is 4. The minimum atomic E-state index is -0.834. The number of carbonyl (C=O) groups excluding carboxylic acids is 2. The molecule has 1 heterocycles. The zero-order valence-corrected chi connectivity index (χ0v) is 18.8. The molecule has 1 rings (SSSR count). The van der Waals surface area contributed by atoms with Crippen molar-refractivity contribution in [1.29, 1.82) is 0 Å². The lowest BCUT2D eigenvalue weighted by atomic mass is 10.6. The number of likely N-dealkylation sites (N-methyl/N-ethyl adjacent to an activating group) is 1. The van der Waals surface area contributed by atoms with Crippen molar-refractivity contribution in [3.63, 3.8) is 0 Å². The Kier molecular flexibility index (Phi) is 12.7. The molecule has 0 saturated carbocycles. The van der Waals surface area contributed by atoms with Gasteiger partial charge in [-0.2, -0.15) is 0 Å². The summed E-state index contributed by atoms with van der Waals surface area (Å²) in [6.07, 6.45) is -0.117. The molecular formula is C16H27N5O7S2. The van der Waals surface area contributed by atoms with Crippen LogP contribution in [0.1, 0.15) is 5.82 Å². The van der Waals surface area contributed by atoms with Gasteiger partial charge in [-0.15, -0.1) is 0 Å². The molecule has 0 spiro atoms. The zero-order chi connectivity index (χ0) is 22.4. The number of nitro groups is 1. The molecule has 0 bridgehead atoms. The predicted octanol–water partition coefficient (Wildman–Crippen LogP) is 1.92. The van der Waals surface area contributed by atoms with Crippen molar-refractivity contribution in [3.8, 4) is 0 Å². The van der Waals surface area contributed by atoms with Crippen molar-refractivity contribution in [1.82, 2.24) is 19.8 Å². The molecule has 1 N–H and O–H groups in total. The van der Waals surface area contributed by atoms with Crippen molar-refractivity contribution in [2.75, 3.05) is 58.5 Å². The average molecular weight is 466 g/mol. The molecule has 0 radical (unpaired) electrons. The van der Waals surface area contributed by atoms with Gasteiger partial charge in [0, 0.05) is 31.5 Å². The van der Waals surface area contributed by atoms with Crippen LogP contribution in [0.15, 0.2) is 6.20 Å². The Morgan fingerprint density at radius 2 is 1.83 bits per heavy atom. The fourth-order valence-corrected chi connectivity index (χ4v) is 3.67. The van der Waals surface area contributed by atoms with E-state index < -0.39 is 17.2 Å². The standard InChI is InChI=1S/C16H27N5O7S2/c1-13-18-12-14(21(24)25)20(13)6-7-27-16(23)28-9-11-30-29-10-8-26-15(22)17-4-5-19(2)3/h12H,4-11H2,1-3H3,(H,17,22). The van der Waals surface area contributed by atoms with Crippen LogP contribution < -0.4 is 5.32 Å². The first-order valence-electron chi connectivity index (χ1n) is 9.07. The minimum Gasteiger partial charge on any atom is -0.449 e. The third kappa shape index (κ3) is 11.1. The van der Waals surface area contributed by atoms with Crippen LogP contribution in [-0.4, -0.2) is 90.1 Å². The molecule has 0 aromatic carbocycles. The molecule has 1 aromatic rings. The monoisotopic (exact) mass is 465 g/mol. The van der Waals surface area contributed by atoms with Gasteiger partial charge in [0.1, 0.15) is 32.6 Å². The van der Waals surface area contributed by atoms with Crippen LogP contribution in [0.3, 0.4) is 0 Å². The van der Waals surface area contributed by atoms with Crippen LogP contribution >= 0.6 is 21.6 Å². The normalized spacial score (nSPS) is 10.7. The number of carbonyl (C=O) groups is 2. The van der Waals surface area contributed by atoms with E-state index in [1.54, 1.807) is 6.92 Å². The number of alkyl carbamates (subject to hydrolysis) is 1. The zero-order valence-electron chi connectivity index (χ0n) is 17.2. The Morgan fingerprint density at radius 1 is 1.20 bits per heavy atom. The van der Waals surface area contributed by atoms with E-state index in [0.29, 0.717) is 23.9 Å². The van der Waals surface area contributed by atoms with Gasteiger partial charge in [-0.1, -0.05) is 21.6 Å². The number of aryl methyl sites for hydroxylation is 1. The number of hydrogen-bond donors (Lipinski definition) is 1. The van der Waals surface area contributed by atoms with Gasteiger partial charge in [-0.25, -0.2) is 19.1 Å². The Hall–Kier alpha value is -2.19. The topological polar surface area (TPSA) is 138 Å². The fraction of sp³-hybridized carbons (Fsp3) is 0.688. The molecule has 0 fully saturated rings. The SMILES string of the molecule is Cc1ncc([N+](=O)[O-])n1CCOC(=O)OCCSSCCOC(=O)NCCN(C)C. The summed E-state index contributed by atoms with van der Waals surface area (Å²) < 4.78 is 16.2. The molecule has 170 valence electrons. The third-order valence-corrected chi connectivity index (χ3v) is 5.79. The van der Waals surface area contributed by atoms with E-state index in [1.165, 1.54) is 26.2 Å². The molecule has 0 aliphatic heterocycles. The molecule has 0 saturated heterocycles. The Morgan fingerprint density at radius 3 is 2.47 bits per heavy atom. The van der Waals surface area contributed by atoms with Gasteiger partial charge in [0.2, 0.25) is 0 Å². The Labute approximate surface area is 182 Å². The van der Waals surface area contributed by atoms with E-state index in [0.717, 1.165) is 12.7 Å². The lowest BCUT2D eigenvalue weighted by molar-refractivity contribution is -0.392. The van der Waals surface area contributed by atoms with E-state index in [-0.39, 0.29) is 32.2 Å². The summed E-state index contributed by atoms with van der Waals surface area (Å²) in [5.41, 5.74) is 0. The minimum absolute atomic E-state index is 0.0628. The summed E-state index contributed by atoms with van der Waals surface area (Å²) in [5, 5.41) is 13.5. The number of nitrogens with one attached hydrogen (secondary N) is 1. The predicted molar refractivity (Wildman–Crippen MR) is 114 cm³/mol. The maximum atomic E-state index is 11.5. The molecule has 0 aliphatic rings. The van der Waals surface area contributed by atoms with E-state index in [2.05, 4.69) is 10.3 Å². The van der Waals surface area contributed by atoms with Gasteiger partial charge >= 0.3 is 18.1 Å². The van der Waals surface area contributed by atoms with Gasteiger partial charge in [0.25, 0.3) is 0 Å². The summed E-state index contributed by atoms with van der Waals surface area (Å²) in [4.78, 5) is 39.1. The maximum absolute atomic E-state index is 11.5. The molecule has 1 aromatic heterocycles. The number of rotatable bonds is 14. The Balaban J connectivity index is 1.99. The number of aromatic nitrogens is 2. The molecule has 14 heteroatoms. The molecule has 12 nitrogen and oxygen atoms in total. The number of amides is 1. The van der Waals surface area contributed by atoms with Crippen molar-refractivity contribution < 1.29 is 28.7 Å². The second-order valence-corrected chi connectivity index (χ2v) is 8.73. The number of ether oxygens (including phenoxy) is 3. The van der Waals surface area contributed by atoms with Gasteiger partial charge < -0.3 is 34.5 Å². The van der Waals surface area contributed by atoms with Gasteiger partial charge in [0.05, 0.1) is 0 Å². The molecule has 0 aliphatic carbocycles. The quantitative estimate of drug-likeness (QED) is 0.142. The van der Waals surface area contributed by atoms with E-state index >= 15 is 0 Å². The van der Waals surface area contributed by atoms with E-state index in [1.807, 2.05) is 19.0 Å². The first-order valence-corrected chi connectivity index (χ1v) is 11.6. The van der Waals surface area contributed by atoms with E-state index in [9.17, 15) is 19.7 Å². The number of hydrogen-bond acceptors (Lipinski definition) is 11. The van der Waals surface area contributed by atoms with Crippen LogP contribution in [0.4, 0.5) is 15.4 Å². The van der Waals surface area contributed by atoms with Gasteiger partial charge in [-0.3, -0.25) is 0 Å². The Bertz CT molecular complexity index is 687. The van der Waals surface area contributed by atoms with Crippen molar-refractivity contribution in [2.45, 2.75) is 13.5 Å². The van der Waals surface area contributed by atoms with Crippen LogP contribution in [0, 0.1) is 17.0 Å². The first kappa shape index (κ1) is 25.8. The van der Waals surface area contributed by atoms with Gasteiger partial charge in [-0.05, 0) is 19.0 Å². The molecule has 1 amide bonds. The second-order valence-electron chi connectivity index (χ2n) is 6.03. The van der Waals surface area contributed by atoms with Gasteiger partial charge in [0.15, 0.2) is 5.82 Å². The van der Waals surface area contributed by atoms with Crippen LogP contribution in [-0.2, 0) is 20.8 Å². The second kappa shape index (κ2) is 14.7. The highest BCUT2D eigenvalue weighted by atomic mass is 33.1. The summed E-state index contributed by atoms with van der Waals surface area (Å²) in [6.45, 7) is 3.40. The number of imidazole rings is 1. The maximum Gasteiger partial charge on any atom is 0.508 e. The summed E-state index contributed by atoms with van der Waals surface area (Å²) in [5.74, 6) is 1.45. The lowest BCUT2D eigenvalue weighted by Gasteiger charge is -2.10. The fourth-order valence-electron chi connectivity index (χ4n) is 2.02. The van der Waals surface area contributed by atoms with Crippen LogP contribution in [0.5, 0.6) is 0 Å². The third-order valence-electron chi connectivity index (χ3n) is 3.45. The van der Waals surface area contributed by atoms with Crippen molar-refractivity contribution >= 4 is 39.7 Å². The highest BCUT2D eigenvalue weighted by Gasteiger charge is 2.17. The highest BCUT2D eigenvalue weighted by Crippen LogP contribution is 2.20. The molecular weight excluding hydrogens is 438 g/mol. The first-order chi connectivity index (χ1) is 14.3. The largest absolute Gasteiger partial charge is 0.508 e. The molecule has 0 atom stereocenters. The van der Waals surface area contributed by atoms with Crippen LogP contribution in [0.25, 0.3) is 0 Å². The average Bonchev–Trinajstić information content (AvgIpc) is 3.04. The van der Waals surface area contributed by atoms with Crippen LogP contribution in [0.2, 0.25) is 0 Å². The lowest BCUT2D eigenvalue weighted by Crippen LogP contribution is -2.32. The smallest absolute Gasteiger partial charge is 0.449 e. The molecule has 0 unspecified atom stereocenters.